The molecule has 0 aliphatic heterocycles. The number of rotatable bonds is 1. The Morgan fingerprint density at radius 1 is 1.35 bits per heavy atom. The van der Waals surface area contributed by atoms with Gasteiger partial charge in [0, 0.05) is 22.4 Å². The van der Waals surface area contributed by atoms with Crippen LogP contribution < -0.4 is 4.74 Å². The Balaban J connectivity index is 2.48. The van der Waals surface area contributed by atoms with Crippen LogP contribution in [0.3, 0.4) is 0 Å². The number of carbonyl (C=O) groups excluding carboxylic acids is 1. The molecule has 0 bridgehead atoms. The largest absolute Gasteiger partial charge is 0.425 e. The van der Waals surface area contributed by atoms with E-state index >= 15 is 0 Å². The third-order valence-corrected chi connectivity index (χ3v) is 3.04. The van der Waals surface area contributed by atoms with E-state index in [-0.39, 0.29) is 0 Å². The molecule has 0 saturated heterocycles. The van der Waals surface area contributed by atoms with Crippen LogP contribution in [0.1, 0.15) is 12.5 Å². The van der Waals surface area contributed by atoms with Gasteiger partial charge in [0.05, 0.1) is 5.56 Å². The third kappa shape index (κ3) is 2.41. The maximum atomic E-state index is 12.5. The first-order valence-corrected chi connectivity index (χ1v) is 5.53. The van der Waals surface area contributed by atoms with Crippen molar-refractivity contribution in [1.29, 1.82) is 0 Å². The lowest BCUT2D eigenvalue weighted by Gasteiger charge is -2.06. The summed E-state index contributed by atoms with van der Waals surface area (Å²) in [6.07, 6.45) is -4.36. The van der Waals surface area contributed by atoms with Crippen molar-refractivity contribution >= 4 is 27.4 Å². The molecule has 1 aromatic carbocycles. The molecule has 0 fully saturated rings. The molecular formula is C11H7F3O2S. The third-order valence-electron chi connectivity index (χ3n) is 2.12. The van der Waals surface area contributed by atoms with E-state index in [0.29, 0.717) is 15.8 Å². The first kappa shape index (κ1) is 11.9. The van der Waals surface area contributed by atoms with Crippen molar-refractivity contribution in [2.45, 2.75) is 13.1 Å². The highest BCUT2D eigenvalue weighted by molar-refractivity contribution is 7.17. The van der Waals surface area contributed by atoms with Crippen molar-refractivity contribution in [2.75, 3.05) is 0 Å². The van der Waals surface area contributed by atoms with E-state index in [0.717, 1.165) is 23.5 Å². The van der Waals surface area contributed by atoms with Crippen molar-refractivity contribution in [2.24, 2.45) is 0 Å². The zero-order valence-electron chi connectivity index (χ0n) is 8.67. The van der Waals surface area contributed by atoms with Gasteiger partial charge in [0.2, 0.25) is 0 Å². The van der Waals surface area contributed by atoms with E-state index in [1.54, 1.807) is 0 Å². The second-order valence-corrected chi connectivity index (χ2v) is 4.31. The van der Waals surface area contributed by atoms with Crippen LogP contribution in [-0.4, -0.2) is 5.97 Å². The SMILES string of the molecule is CC(=O)Oc1csc2cc(C(F)(F)F)ccc12. The highest BCUT2D eigenvalue weighted by Crippen LogP contribution is 2.37. The Labute approximate surface area is 98.6 Å². The van der Waals surface area contributed by atoms with Crippen molar-refractivity contribution in [3.63, 3.8) is 0 Å². The Morgan fingerprint density at radius 2 is 2.06 bits per heavy atom. The summed E-state index contributed by atoms with van der Waals surface area (Å²) < 4.78 is 42.7. The highest BCUT2D eigenvalue weighted by atomic mass is 32.1. The lowest BCUT2D eigenvalue weighted by molar-refractivity contribution is -0.137. The first-order valence-electron chi connectivity index (χ1n) is 4.65. The van der Waals surface area contributed by atoms with Crippen molar-refractivity contribution in [3.05, 3.63) is 29.1 Å². The van der Waals surface area contributed by atoms with Gasteiger partial charge in [0.15, 0.2) is 0 Å². The molecule has 0 amide bonds. The van der Waals surface area contributed by atoms with Gasteiger partial charge in [-0.15, -0.1) is 11.3 Å². The summed E-state index contributed by atoms with van der Waals surface area (Å²) in [4.78, 5) is 10.8. The molecule has 1 aromatic heterocycles. The van der Waals surface area contributed by atoms with Crippen molar-refractivity contribution in [3.8, 4) is 5.75 Å². The Bertz CT molecular complexity index is 572. The van der Waals surface area contributed by atoms with Gasteiger partial charge in [-0.25, -0.2) is 0 Å². The highest BCUT2D eigenvalue weighted by Gasteiger charge is 2.30. The predicted octanol–water partition coefficient (Wildman–Crippen LogP) is 3.85. The van der Waals surface area contributed by atoms with Gasteiger partial charge < -0.3 is 4.74 Å². The van der Waals surface area contributed by atoms with E-state index in [9.17, 15) is 18.0 Å². The predicted molar refractivity (Wildman–Crippen MR) is 58.1 cm³/mol. The maximum absolute atomic E-state index is 12.5. The molecule has 2 nitrogen and oxygen atoms in total. The van der Waals surface area contributed by atoms with Crippen molar-refractivity contribution in [1.82, 2.24) is 0 Å². The van der Waals surface area contributed by atoms with Crippen LogP contribution in [0.15, 0.2) is 23.6 Å². The average Bonchev–Trinajstić information content (AvgIpc) is 2.59. The molecule has 0 N–H and O–H groups in total. The molecule has 0 unspecified atom stereocenters. The molecule has 90 valence electrons. The van der Waals surface area contributed by atoms with E-state index in [1.165, 1.54) is 18.4 Å². The zero-order valence-corrected chi connectivity index (χ0v) is 9.48. The summed E-state index contributed by atoms with van der Waals surface area (Å²) in [5.74, 6) is -0.198. The number of alkyl halides is 3. The topological polar surface area (TPSA) is 26.3 Å². The van der Waals surface area contributed by atoms with Crippen LogP contribution in [-0.2, 0) is 11.0 Å². The lowest BCUT2D eigenvalue weighted by atomic mass is 10.1. The molecule has 0 radical (unpaired) electrons. The number of thiophene rings is 1. The maximum Gasteiger partial charge on any atom is 0.416 e. The number of hydrogen-bond acceptors (Lipinski definition) is 3. The molecule has 17 heavy (non-hydrogen) atoms. The fourth-order valence-corrected chi connectivity index (χ4v) is 2.31. The molecule has 0 aliphatic rings. The summed E-state index contributed by atoms with van der Waals surface area (Å²) in [6, 6.07) is 3.34. The summed E-state index contributed by atoms with van der Waals surface area (Å²) >= 11 is 1.11. The zero-order chi connectivity index (χ0) is 12.6. The van der Waals surface area contributed by atoms with Crippen molar-refractivity contribution < 1.29 is 22.7 Å². The van der Waals surface area contributed by atoms with Crippen LogP contribution in [0.4, 0.5) is 13.2 Å². The van der Waals surface area contributed by atoms with Crippen LogP contribution in [0.2, 0.25) is 0 Å². The number of carbonyl (C=O) groups is 1. The molecular weight excluding hydrogens is 253 g/mol. The summed E-state index contributed by atoms with van der Waals surface area (Å²) in [7, 11) is 0. The van der Waals surface area contributed by atoms with Crippen LogP contribution >= 0.6 is 11.3 Å². The van der Waals surface area contributed by atoms with E-state index in [2.05, 4.69) is 0 Å². The van der Waals surface area contributed by atoms with E-state index < -0.39 is 17.7 Å². The minimum Gasteiger partial charge on any atom is -0.425 e. The van der Waals surface area contributed by atoms with Gasteiger partial charge in [-0.05, 0) is 18.2 Å². The minimum absolute atomic E-state index is 0.297. The summed E-state index contributed by atoms with van der Waals surface area (Å²) in [5, 5.41) is 2.03. The summed E-state index contributed by atoms with van der Waals surface area (Å²) in [6.45, 7) is 1.24. The number of fused-ring (bicyclic) bond motifs is 1. The molecule has 0 atom stereocenters. The van der Waals surface area contributed by atoms with E-state index in [4.69, 9.17) is 4.74 Å². The van der Waals surface area contributed by atoms with Gasteiger partial charge in [-0.2, -0.15) is 13.2 Å². The molecule has 2 rings (SSSR count). The fraction of sp³-hybridized carbons (Fsp3) is 0.182. The summed E-state index contributed by atoms with van der Waals surface area (Å²) in [5.41, 5.74) is -0.707. The molecule has 0 saturated carbocycles. The monoisotopic (exact) mass is 260 g/mol. The Hall–Kier alpha value is -1.56. The average molecular weight is 260 g/mol. The molecule has 0 spiro atoms. The number of halogens is 3. The second-order valence-electron chi connectivity index (χ2n) is 3.40. The Kier molecular flexibility index (Phi) is 2.82. The smallest absolute Gasteiger partial charge is 0.416 e. The molecule has 0 aliphatic carbocycles. The minimum atomic E-state index is -4.36. The van der Waals surface area contributed by atoms with Gasteiger partial charge in [0.25, 0.3) is 0 Å². The molecule has 2 aromatic rings. The van der Waals surface area contributed by atoms with Gasteiger partial charge in [-0.1, -0.05) is 0 Å². The quantitative estimate of drug-likeness (QED) is 0.728. The number of ether oxygens (including phenoxy) is 1. The molecule has 1 heterocycles. The Morgan fingerprint density at radius 3 is 2.65 bits per heavy atom. The molecule has 6 heteroatoms. The van der Waals surface area contributed by atoms with Crippen LogP contribution in [0, 0.1) is 0 Å². The number of esters is 1. The normalized spacial score (nSPS) is 11.8. The first-order chi connectivity index (χ1) is 7.88. The van der Waals surface area contributed by atoms with Gasteiger partial charge in [-0.3, -0.25) is 4.79 Å². The number of hydrogen-bond donors (Lipinski definition) is 0. The standard InChI is InChI=1S/C11H7F3O2S/c1-6(15)16-9-5-17-10-4-7(11(12,13)14)2-3-8(9)10/h2-5H,1H3. The second kappa shape index (κ2) is 4.03. The van der Waals surface area contributed by atoms with E-state index in [1.807, 2.05) is 0 Å². The van der Waals surface area contributed by atoms with Gasteiger partial charge in [0.1, 0.15) is 5.75 Å². The fourth-order valence-electron chi connectivity index (χ4n) is 1.41. The van der Waals surface area contributed by atoms with Gasteiger partial charge >= 0.3 is 12.1 Å². The van der Waals surface area contributed by atoms with Crippen LogP contribution in [0.5, 0.6) is 5.75 Å². The number of benzene rings is 1. The van der Waals surface area contributed by atoms with Crippen LogP contribution in [0.25, 0.3) is 10.1 Å². The lowest BCUT2D eigenvalue weighted by Crippen LogP contribution is -2.04.